The molecule has 0 saturated carbocycles. The minimum Gasteiger partial charge on any atom is -0.324 e. The van der Waals surface area contributed by atoms with Gasteiger partial charge in [-0.25, -0.2) is 0 Å². The summed E-state index contributed by atoms with van der Waals surface area (Å²) in [7, 11) is 0. The lowest BCUT2D eigenvalue weighted by molar-refractivity contribution is -0.105. The van der Waals surface area contributed by atoms with E-state index in [0.717, 1.165) is 13.8 Å². The molecule has 7 heteroatoms. The molecule has 0 spiro atoms. The van der Waals surface area contributed by atoms with E-state index in [1.165, 1.54) is 0 Å². The zero-order valence-corrected chi connectivity index (χ0v) is 9.13. The standard InChI is InChI=1S/C10H11F6N/c1-4-5(2)8(10(14,15)16)7(17)3-6(4)9(11,12)13/h7H,3,17H2,1-2H3. The first-order valence-electron chi connectivity index (χ1n) is 4.77. The second-order valence-corrected chi connectivity index (χ2v) is 3.95. The fourth-order valence-corrected chi connectivity index (χ4v) is 1.93. The van der Waals surface area contributed by atoms with E-state index in [9.17, 15) is 26.3 Å². The molecule has 0 aromatic heterocycles. The zero-order valence-electron chi connectivity index (χ0n) is 9.13. The van der Waals surface area contributed by atoms with E-state index in [2.05, 4.69) is 0 Å². The predicted octanol–water partition coefficient (Wildman–Crippen LogP) is 3.48. The molecule has 98 valence electrons. The van der Waals surface area contributed by atoms with Crippen LogP contribution in [0.2, 0.25) is 0 Å². The lowest BCUT2D eigenvalue weighted by Crippen LogP contribution is -2.37. The molecule has 1 atom stereocenters. The van der Waals surface area contributed by atoms with Crippen LogP contribution in [0, 0.1) is 0 Å². The number of alkyl halides is 6. The van der Waals surface area contributed by atoms with E-state index in [-0.39, 0.29) is 5.57 Å². The molecule has 0 heterocycles. The highest BCUT2D eigenvalue weighted by Gasteiger charge is 2.46. The van der Waals surface area contributed by atoms with Crippen molar-refractivity contribution in [3.8, 4) is 0 Å². The zero-order chi connectivity index (χ0) is 13.6. The van der Waals surface area contributed by atoms with Crippen molar-refractivity contribution in [2.24, 2.45) is 5.73 Å². The maximum absolute atomic E-state index is 12.6. The number of nitrogens with two attached hydrogens (primary N) is 1. The van der Waals surface area contributed by atoms with Gasteiger partial charge >= 0.3 is 12.4 Å². The molecule has 1 aliphatic carbocycles. The van der Waals surface area contributed by atoms with Crippen LogP contribution in [0.25, 0.3) is 0 Å². The first kappa shape index (κ1) is 14.1. The first-order valence-corrected chi connectivity index (χ1v) is 4.77. The summed E-state index contributed by atoms with van der Waals surface area (Å²) in [5.74, 6) is 0. The van der Waals surface area contributed by atoms with Gasteiger partial charge in [0.05, 0.1) is 5.57 Å². The Morgan fingerprint density at radius 2 is 1.41 bits per heavy atom. The Bertz CT molecular complexity index is 385. The lowest BCUT2D eigenvalue weighted by Gasteiger charge is -2.30. The fourth-order valence-electron chi connectivity index (χ4n) is 1.93. The second kappa shape index (κ2) is 4.04. The fraction of sp³-hybridized carbons (Fsp3) is 0.600. The second-order valence-electron chi connectivity index (χ2n) is 3.95. The number of halogens is 6. The van der Waals surface area contributed by atoms with E-state index >= 15 is 0 Å². The van der Waals surface area contributed by atoms with Gasteiger partial charge in [-0.05, 0) is 31.4 Å². The normalized spacial score (nSPS) is 23.5. The van der Waals surface area contributed by atoms with Crippen LogP contribution < -0.4 is 5.73 Å². The van der Waals surface area contributed by atoms with Crippen molar-refractivity contribution >= 4 is 0 Å². The molecule has 1 aliphatic rings. The molecule has 1 rings (SSSR count). The number of allylic oxidation sites excluding steroid dienone is 2. The van der Waals surface area contributed by atoms with Gasteiger partial charge < -0.3 is 5.73 Å². The average molecular weight is 259 g/mol. The van der Waals surface area contributed by atoms with Crippen molar-refractivity contribution in [3.05, 3.63) is 22.3 Å². The number of hydrogen-bond donors (Lipinski definition) is 1. The molecule has 0 bridgehead atoms. The first-order chi connectivity index (χ1) is 7.46. The monoisotopic (exact) mass is 259 g/mol. The third-order valence-electron chi connectivity index (χ3n) is 2.86. The maximum Gasteiger partial charge on any atom is 0.414 e. The highest BCUT2D eigenvalue weighted by molar-refractivity contribution is 5.46. The summed E-state index contributed by atoms with van der Waals surface area (Å²) in [5.41, 5.74) is 2.34. The maximum atomic E-state index is 12.6. The SMILES string of the molecule is CC1=C(C(F)(F)F)CC(N)C(C(F)(F)F)=C1C. The largest absolute Gasteiger partial charge is 0.414 e. The van der Waals surface area contributed by atoms with Crippen LogP contribution in [-0.4, -0.2) is 18.4 Å². The van der Waals surface area contributed by atoms with Crippen LogP contribution in [0.3, 0.4) is 0 Å². The van der Waals surface area contributed by atoms with Gasteiger partial charge in [-0.1, -0.05) is 0 Å². The predicted molar refractivity (Wildman–Crippen MR) is 50.1 cm³/mol. The summed E-state index contributed by atoms with van der Waals surface area (Å²) in [5, 5.41) is 0. The number of rotatable bonds is 0. The molecular weight excluding hydrogens is 248 g/mol. The van der Waals surface area contributed by atoms with Gasteiger partial charge in [0.2, 0.25) is 0 Å². The summed E-state index contributed by atoms with van der Waals surface area (Å²) < 4.78 is 75.4. The highest BCUT2D eigenvalue weighted by atomic mass is 19.4. The molecule has 1 unspecified atom stereocenters. The topological polar surface area (TPSA) is 26.0 Å². The molecule has 0 aromatic carbocycles. The van der Waals surface area contributed by atoms with Gasteiger partial charge in [0, 0.05) is 11.6 Å². The van der Waals surface area contributed by atoms with Gasteiger partial charge in [-0.15, -0.1) is 0 Å². The van der Waals surface area contributed by atoms with Crippen molar-refractivity contribution in [1.29, 1.82) is 0 Å². The molecule has 0 aliphatic heterocycles. The van der Waals surface area contributed by atoms with E-state index in [1.807, 2.05) is 0 Å². The molecule has 1 nitrogen and oxygen atoms in total. The highest BCUT2D eigenvalue weighted by Crippen LogP contribution is 2.43. The molecule has 2 N–H and O–H groups in total. The van der Waals surface area contributed by atoms with E-state index in [4.69, 9.17) is 5.73 Å². The van der Waals surface area contributed by atoms with Crippen molar-refractivity contribution in [2.45, 2.75) is 38.7 Å². The van der Waals surface area contributed by atoms with Gasteiger partial charge in [0.15, 0.2) is 0 Å². The van der Waals surface area contributed by atoms with E-state index in [1.54, 1.807) is 0 Å². The van der Waals surface area contributed by atoms with Gasteiger partial charge in [0.1, 0.15) is 0 Å². The molecule has 0 amide bonds. The van der Waals surface area contributed by atoms with Gasteiger partial charge in [-0.2, -0.15) is 26.3 Å². The molecule has 0 saturated heterocycles. The Morgan fingerprint density at radius 3 is 1.76 bits per heavy atom. The molecule has 0 aromatic rings. The third kappa shape index (κ3) is 2.65. The summed E-state index contributed by atoms with van der Waals surface area (Å²) in [6.45, 7) is 2.05. The minimum absolute atomic E-state index is 0.383. The third-order valence-corrected chi connectivity index (χ3v) is 2.86. The summed E-state index contributed by atoms with van der Waals surface area (Å²) >= 11 is 0. The van der Waals surface area contributed by atoms with E-state index in [0.29, 0.717) is 0 Å². The smallest absolute Gasteiger partial charge is 0.324 e. The molecule has 0 radical (unpaired) electrons. The quantitative estimate of drug-likeness (QED) is 0.662. The molecule has 0 fully saturated rings. The van der Waals surface area contributed by atoms with Crippen LogP contribution >= 0.6 is 0 Å². The van der Waals surface area contributed by atoms with Crippen LogP contribution in [0.15, 0.2) is 22.3 Å². The van der Waals surface area contributed by atoms with Crippen molar-refractivity contribution in [2.75, 3.05) is 0 Å². The van der Waals surface area contributed by atoms with E-state index < -0.39 is 41.5 Å². The summed E-state index contributed by atoms with van der Waals surface area (Å²) in [4.78, 5) is 0. The van der Waals surface area contributed by atoms with Crippen LogP contribution in [0.5, 0.6) is 0 Å². The summed E-state index contributed by atoms with van der Waals surface area (Å²) in [6, 6.07) is -1.66. The van der Waals surface area contributed by atoms with Crippen LogP contribution in [0.4, 0.5) is 26.3 Å². The Balaban J connectivity index is 3.38. The lowest BCUT2D eigenvalue weighted by atomic mass is 9.83. The summed E-state index contributed by atoms with van der Waals surface area (Å²) in [6.07, 6.45) is -10.2. The van der Waals surface area contributed by atoms with Crippen LogP contribution in [0.1, 0.15) is 20.3 Å². The van der Waals surface area contributed by atoms with Crippen molar-refractivity contribution < 1.29 is 26.3 Å². The van der Waals surface area contributed by atoms with Gasteiger partial charge in [-0.3, -0.25) is 0 Å². The minimum atomic E-state index is -4.69. The molecular formula is C10H11F6N. The van der Waals surface area contributed by atoms with Crippen LogP contribution in [-0.2, 0) is 0 Å². The molecule has 17 heavy (non-hydrogen) atoms. The Kier molecular flexibility index (Phi) is 3.35. The Hall–Kier alpha value is -0.980. The number of hydrogen-bond acceptors (Lipinski definition) is 1. The van der Waals surface area contributed by atoms with Gasteiger partial charge in [0.25, 0.3) is 0 Å². The Morgan fingerprint density at radius 1 is 0.941 bits per heavy atom. The Labute approximate surface area is 94.0 Å². The van der Waals surface area contributed by atoms with Crippen molar-refractivity contribution in [1.82, 2.24) is 0 Å². The average Bonchev–Trinajstić information content (AvgIpc) is 2.07. The van der Waals surface area contributed by atoms with Crippen molar-refractivity contribution in [3.63, 3.8) is 0 Å².